The van der Waals surface area contributed by atoms with Gasteiger partial charge in [0.25, 0.3) is 0 Å². The van der Waals surface area contributed by atoms with Gasteiger partial charge in [-0.15, -0.1) is 0 Å². The number of hydrogen-bond acceptors (Lipinski definition) is 5. The van der Waals surface area contributed by atoms with Crippen LogP contribution in [0.15, 0.2) is 42.7 Å². The van der Waals surface area contributed by atoms with Crippen molar-refractivity contribution in [1.82, 2.24) is 10.3 Å². The van der Waals surface area contributed by atoms with Crippen LogP contribution in [0.3, 0.4) is 0 Å². The van der Waals surface area contributed by atoms with Crippen LogP contribution in [-0.2, 0) is 9.59 Å². The van der Waals surface area contributed by atoms with Crippen LogP contribution in [0.5, 0.6) is 11.5 Å². The number of rotatable bonds is 7. The van der Waals surface area contributed by atoms with E-state index in [0.29, 0.717) is 10.6 Å². The van der Waals surface area contributed by atoms with Crippen LogP contribution in [0.25, 0.3) is 0 Å². The van der Waals surface area contributed by atoms with E-state index in [4.69, 9.17) is 9.47 Å². The average Bonchev–Trinajstić information content (AvgIpc) is 2.82. The predicted molar refractivity (Wildman–Crippen MR) is 115 cm³/mol. The van der Waals surface area contributed by atoms with Crippen molar-refractivity contribution in [3.05, 3.63) is 48.3 Å². The summed E-state index contributed by atoms with van der Waals surface area (Å²) in [4.78, 5) is 30.5. The molecule has 1 heterocycles. The molecule has 0 bridgehead atoms. The van der Waals surface area contributed by atoms with Gasteiger partial charge in [-0.25, -0.2) is 0 Å². The fraction of sp³-hybridized carbons (Fsp3) is 0.435. The predicted octanol–water partition coefficient (Wildman–Crippen LogP) is 4.18. The van der Waals surface area contributed by atoms with Crippen LogP contribution in [-0.4, -0.2) is 43.2 Å². The van der Waals surface area contributed by atoms with E-state index < -0.39 is 24.0 Å². The highest BCUT2D eigenvalue weighted by atomic mass is 19.4. The van der Waals surface area contributed by atoms with E-state index in [2.05, 4.69) is 10.3 Å². The molecule has 0 unspecified atom stereocenters. The first-order valence-corrected chi connectivity index (χ1v) is 10.6. The second kappa shape index (κ2) is 10.5. The number of carbonyl (C=O) groups excluding carboxylic acids is 2. The molecule has 2 amide bonds. The van der Waals surface area contributed by atoms with E-state index in [1.807, 2.05) is 0 Å². The molecule has 1 aliphatic carbocycles. The Morgan fingerprint density at radius 2 is 1.73 bits per heavy atom. The fourth-order valence-corrected chi connectivity index (χ4v) is 3.98. The molecule has 0 aliphatic heterocycles. The van der Waals surface area contributed by atoms with Crippen molar-refractivity contribution in [1.29, 1.82) is 0 Å². The maximum atomic E-state index is 13.8. The molecule has 1 aliphatic rings. The Bertz CT molecular complexity index is 963. The minimum absolute atomic E-state index is 0.0449. The lowest BCUT2D eigenvalue weighted by molar-refractivity contribution is -0.171. The van der Waals surface area contributed by atoms with Gasteiger partial charge in [-0.3, -0.25) is 19.5 Å². The first-order valence-electron chi connectivity index (χ1n) is 10.6. The Morgan fingerprint density at radius 3 is 2.30 bits per heavy atom. The van der Waals surface area contributed by atoms with Crippen LogP contribution in [0, 0.1) is 0 Å². The molecule has 1 atom stereocenters. The number of amides is 2. The summed E-state index contributed by atoms with van der Waals surface area (Å²) >= 11 is 0. The average molecular weight is 465 g/mol. The Kier molecular flexibility index (Phi) is 7.78. The SMILES string of the molecule is COc1ccc(N(C(=O)C(F)(F)F)[C@H](C(=O)NC2CCCCC2)c2ccncc2)c(OC)c1. The van der Waals surface area contributed by atoms with E-state index in [-0.39, 0.29) is 23.0 Å². The summed E-state index contributed by atoms with van der Waals surface area (Å²) in [5.74, 6) is -2.62. The van der Waals surface area contributed by atoms with E-state index in [1.54, 1.807) is 0 Å². The van der Waals surface area contributed by atoms with Gasteiger partial charge in [0.05, 0.1) is 19.9 Å². The third kappa shape index (κ3) is 5.74. The molecule has 3 rings (SSSR count). The van der Waals surface area contributed by atoms with Crippen LogP contribution >= 0.6 is 0 Å². The van der Waals surface area contributed by atoms with E-state index in [9.17, 15) is 22.8 Å². The number of carbonyl (C=O) groups is 2. The molecule has 2 aromatic rings. The molecule has 1 saturated carbocycles. The number of ether oxygens (including phenoxy) is 2. The number of alkyl halides is 3. The zero-order chi connectivity index (χ0) is 24.0. The lowest BCUT2D eigenvalue weighted by atomic mass is 9.94. The van der Waals surface area contributed by atoms with Gasteiger partial charge in [0.15, 0.2) is 0 Å². The van der Waals surface area contributed by atoms with Gasteiger partial charge in [-0.2, -0.15) is 13.2 Å². The number of nitrogens with zero attached hydrogens (tertiary/aromatic N) is 2. The van der Waals surface area contributed by atoms with Gasteiger partial charge in [0.2, 0.25) is 5.91 Å². The molecule has 178 valence electrons. The summed E-state index contributed by atoms with van der Waals surface area (Å²) in [6.07, 6.45) is 1.82. The first-order chi connectivity index (χ1) is 15.8. The Balaban J connectivity index is 2.13. The molecule has 1 fully saturated rings. The molecule has 1 N–H and O–H groups in total. The number of halogens is 3. The molecule has 0 spiro atoms. The van der Waals surface area contributed by atoms with Crippen LogP contribution in [0.4, 0.5) is 18.9 Å². The lowest BCUT2D eigenvalue weighted by Gasteiger charge is -2.34. The normalized spacial score (nSPS) is 15.4. The first kappa shape index (κ1) is 24.3. The van der Waals surface area contributed by atoms with Gasteiger partial charge >= 0.3 is 12.1 Å². The molecule has 7 nitrogen and oxygen atoms in total. The van der Waals surface area contributed by atoms with Crippen molar-refractivity contribution in [2.24, 2.45) is 0 Å². The van der Waals surface area contributed by atoms with Crippen molar-refractivity contribution in [2.75, 3.05) is 19.1 Å². The number of pyridine rings is 1. The lowest BCUT2D eigenvalue weighted by Crippen LogP contribution is -2.50. The van der Waals surface area contributed by atoms with Crippen molar-refractivity contribution < 1.29 is 32.2 Å². The molecule has 10 heteroatoms. The Labute approximate surface area is 189 Å². The molecule has 1 aromatic carbocycles. The van der Waals surface area contributed by atoms with Gasteiger partial charge in [-0.05, 0) is 42.7 Å². The summed E-state index contributed by atoms with van der Waals surface area (Å²) < 4.78 is 51.7. The number of nitrogens with one attached hydrogen (secondary N) is 1. The van der Waals surface area contributed by atoms with Crippen LogP contribution in [0.1, 0.15) is 43.7 Å². The zero-order valence-electron chi connectivity index (χ0n) is 18.4. The van der Waals surface area contributed by atoms with Gasteiger partial charge in [-0.1, -0.05) is 19.3 Å². The molecule has 0 radical (unpaired) electrons. The van der Waals surface area contributed by atoms with Crippen molar-refractivity contribution >= 4 is 17.5 Å². The van der Waals surface area contributed by atoms with Crippen LogP contribution < -0.4 is 19.7 Å². The van der Waals surface area contributed by atoms with Crippen molar-refractivity contribution in [3.63, 3.8) is 0 Å². The summed E-state index contributed by atoms with van der Waals surface area (Å²) in [6.45, 7) is 0. The fourth-order valence-electron chi connectivity index (χ4n) is 3.98. The Hall–Kier alpha value is -3.30. The molecule has 1 aromatic heterocycles. The molecule has 33 heavy (non-hydrogen) atoms. The summed E-state index contributed by atoms with van der Waals surface area (Å²) in [5.41, 5.74) is -0.0185. The molecular weight excluding hydrogens is 439 g/mol. The summed E-state index contributed by atoms with van der Waals surface area (Å²) in [6, 6.07) is 5.09. The number of benzene rings is 1. The largest absolute Gasteiger partial charge is 0.497 e. The minimum Gasteiger partial charge on any atom is -0.497 e. The third-order valence-corrected chi connectivity index (χ3v) is 5.59. The molecule has 0 saturated heterocycles. The second-order valence-electron chi connectivity index (χ2n) is 7.74. The number of methoxy groups -OCH3 is 2. The van der Waals surface area contributed by atoms with Gasteiger partial charge in [0.1, 0.15) is 17.5 Å². The molecular formula is C23H26F3N3O4. The maximum Gasteiger partial charge on any atom is 0.471 e. The highest BCUT2D eigenvalue weighted by Crippen LogP contribution is 2.39. The summed E-state index contributed by atoms with van der Waals surface area (Å²) in [5, 5.41) is 2.85. The van der Waals surface area contributed by atoms with Crippen molar-refractivity contribution in [3.8, 4) is 11.5 Å². The highest BCUT2D eigenvalue weighted by molar-refractivity contribution is 6.04. The van der Waals surface area contributed by atoms with E-state index >= 15 is 0 Å². The number of hydrogen-bond donors (Lipinski definition) is 1. The van der Waals surface area contributed by atoms with Crippen LogP contribution in [0.2, 0.25) is 0 Å². The minimum atomic E-state index is -5.23. The maximum absolute atomic E-state index is 13.8. The number of aromatic nitrogens is 1. The van der Waals surface area contributed by atoms with E-state index in [1.165, 1.54) is 56.9 Å². The van der Waals surface area contributed by atoms with Crippen molar-refractivity contribution in [2.45, 2.75) is 50.4 Å². The zero-order valence-corrected chi connectivity index (χ0v) is 18.4. The topological polar surface area (TPSA) is 80.8 Å². The quantitative estimate of drug-likeness (QED) is 0.664. The standard InChI is InChI=1S/C23H26F3N3O4/c1-32-17-8-9-18(19(14-17)33-2)29(22(31)23(24,25)26)20(15-10-12-27-13-11-15)21(30)28-16-6-4-3-5-7-16/h8-14,16,20H,3-7H2,1-2H3,(H,28,30)/t20-/m0/s1. The third-order valence-electron chi connectivity index (χ3n) is 5.59. The van der Waals surface area contributed by atoms with E-state index in [0.717, 1.165) is 32.1 Å². The summed E-state index contributed by atoms with van der Waals surface area (Å²) in [7, 11) is 2.66. The number of anilines is 1. The smallest absolute Gasteiger partial charge is 0.471 e. The van der Waals surface area contributed by atoms with Gasteiger partial charge < -0.3 is 14.8 Å². The Morgan fingerprint density at radius 1 is 1.06 bits per heavy atom. The highest BCUT2D eigenvalue weighted by Gasteiger charge is 2.48. The van der Waals surface area contributed by atoms with Gasteiger partial charge in [0, 0.05) is 24.5 Å². The second-order valence-corrected chi connectivity index (χ2v) is 7.74. The monoisotopic (exact) mass is 465 g/mol.